The Labute approximate surface area is 95.5 Å². The van der Waals surface area contributed by atoms with Crippen molar-refractivity contribution < 1.29 is 5.11 Å². The van der Waals surface area contributed by atoms with E-state index in [0.29, 0.717) is 5.92 Å². The van der Waals surface area contributed by atoms with Crippen molar-refractivity contribution in [3.63, 3.8) is 0 Å². The maximum absolute atomic E-state index is 10.3. The third-order valence-corrected chi connectivity index (χ3v) is 3.07. The Morgan fingerprint density at radius 2 is 1.73 bits per heavy atom. The summed E-state index contributed by atoms with van der Waals surface area (Å²) in [5.41, 5.74) is -0.391. The van der Waals surface area contributed by atoms with Crippen LogP contribution in [-0.4, -0.2) is 22.8 Å². The van der Waals surface area contributed by atoms with Gasteiger partial charge in [0.1, 0.15) is 0 Å². The number of hydrogen-bond donors (Lipinski definition) is 2. The first-order chi connectivity index (χ1) is 6.69. The highest BCUT2D eigenvalue weighted by Crippen LogP contribution is 2.24. The van der Waals surface area contributed by atoms with Gasteiger partial charge in [-0.1, -0.05) is 20.3 Å². The summed E-state index contributed by atoms with van der Waals surface area (Å²) in [4.78, 5) is 0. The molecule has 0 fully saturated rings. The molecule has 0 aromatic carbocycles. The minimum absolute atomic E-state index is 0.143. The van der Waals surface area contributed by atoms with Crippen LogP contribution in [0.15, 0.2) is 0 Å². The Morgan fingerprint density at radius 3 is 2.13 bits per heavy atom. The Balaban J connectivity index is 3.93. The molecule has 0 aromatic rings. The van der Waals surface area contributed by atoms with E-state index >= 15 is 0 Å². The summed E-state index contributed by atoms with van der Waals surface area (Å²) in [5.74, 6) is 0.379. The van der Waals surface area contributed by atoms with Crippen LogP contribution in [0.25, 0.3) is 0 Å². The molecule has 2 nitrogen and oxygen atoms in total. The lowest BCUT2D eigenvalue weighted by Gasteiger charge is -2.32. The van der Waals surface area contributed by atoms with E-state index in [1.54, 1.807) is 0 Å². The van der Waals surface area contributed by atoms with E-state index in [0.717, 1.165) is 25.8 Å². The average Bonchev–Trinajstić information content (AvgIpc) is 2.01. The largest absolute Gasteiger partial charge is 0.390 e. The zero-order valence-corrected chi connectivity index (χ0v) is 11.4. The molecular weight excluding hydrogens is 186 g/mol. The van der Waals surface area contributed by atoms with Gasteiger partial charge < -0.3 is 10.4 Å². The van der Waals surface area contributed by atoms with Crippen molar-refractivity contribution in [2.75, 3.05) is 6.54 Å². The lowest BCUT2D eigenvalue weighted by molar-refractivity contribution is -0.00580. The van der Waals surface area contributed by atoms with E-state index in [1.165, 1.54) is 0 Å². The van der Waals surface area contributed by atoms with E-state index in [9.17, 15) is 5.11 Å². The second-order valence-electron chi connectivity index (χ2n) is 5.97. The first kappa shape index (κ1) is 14.9. The van der Waals surface area contributed by atoms with Crippen LogP contribution in [0.4, 0.5) is 0 Å². The standard InChI is InChI=1S/C13H29NO/c1-7-8-11(2)13(6,15)9-10-14-12(3,4)5/h11,14-15H,7-10H2,1-6H3. The molecule has 0 radical (unpaired) electrons. The van der Waals surface area contributed by atoms with E-state index < -0.39 is 5.60 Å². The van der Waals surface area contributed by atoms with Gasteiger partial charge in [0, 0.05) is 5.54 Å². The first-order valence-electron chi connectivity index (χ1n) is 6.16. The summed E-state index contributed by atoms with van der Waals surface area (Å²) < 4.78 is 0. The van der Waals surface area contributed by atoms with Gasteiger partial charge in [-0.15, -0.1) is 0 Å². The molecule has 15 heavy (non-hydrogen) atoms. The van der Waals surface area contributed by atoms with E-state index in [1.807, 2.05) is 6.92 Å². The fourth-order valence-electron chi connectivity index (χ4n) is 1.68. The van der Waals surface area contributed by atoms with Crippen LogP contribution >= 0.6 is 0 Å². The number of rotatable bonds is 6. The van der Waals surface area contributed by atoms with Crippen molar-refractivity contribution in [1.29, 1.82) is 0 Å². The molecule has 2 heteroatoms. The normalized spacial score (nSPS) is 18.6. The highest BCUT2D eigenvalue weighted by Gasteiger charge is 2.27. The van der Waals surface area contributed by atoms with Gasteiger partial charge in [-0.25, -0.2) is 0 Å². The smallest absolute Gasteiger partial charge is 0.0657 e. The Kier molecular flexibility index (Phi) is 5.82. The molecule has 0 spiro atoms. The van der Waals surface area contributed by atoms with Gasteiger partial charge in [-0.2, -0.15) is 0 Å². The molecule has 0 aromatic heterocycles. The predicted molar refractivity (Wildman–Crippen MR) is 67.1 cm³/mol. The van der Waals surface area contributed by atoms with Crippen LogP contribution in [0, 0.1) is 5.92 Å². The number of hydrogen-bond acceptors (Lipinski definition) is 2. The second-order valence-corrected chi connectivity index (χ2v) is 5.97. The second kappa shape index (κ2) is 5.86. The SMILES string of the molecule is CCCC(C)C(C)(O)CCNC(C)(C)C. The molecule has 0 bridgehead atoms. The van der Waals surface area contributed by atoms with Crippen molar-refractivity contribution in [1.82, 2.24) is 5.32 Å². The highest BCUT2D eigenvalue weighted by molar-refractivity contribution is 4.81. The lowest BCUT2D eigenvalue weighted by atomic mass is 9.84. The van der Waals surface area contributed by atoms with Gasteiger partial charge in [0.2, 0.25) is 0 Å². The van der Waals surface area contributed by atoms with Gasteiger partial charge in [-0.3, -0.25) is 0 Å². The van der Waals surface area contributed by atoms with Crippen molar-refractivity contribution in [3.8, 4) is 0 Å². The fraction of sp³-hybridized carbons (Fsp3) is 1.00. The molecule has 0 rings (SSSR count). The summed E-state index contributed by atoms with van der Waals surface area (Å²) >= 11 is 0. The number of aliphatic hydroxyl groups is 1. The van der Waals surface area contributed by atoms with Crippen molar-refractivity contribution in [3.05, 3.63) is 0 Å². The van der Waals surface area contributed by atoms with Gasteiger partial charge in [0.25, 0.3) is 0 Å². The Bertz CT molecular complexity index is 170. The van der Waals surface area contributed by atoms with Gasteiger partial charge in [0.05, 0.1) is 5.60 Å². The Morgan fingerprint density at radius 1 is 1.20 bits per heavy atom. The molecular formula is C13H29NO. The summed E-state index contributed by atoms with van der Waals surface area (Å²) in [6, 6.07) is 0. The van der Waals surface area contributed by atoms with Gasteiger partial charge in [-0.05, 0) is 53.0 Å². The topological polar surface area (TPSA) is 32.3 Å². The van der Waals surface area contributed by atoms with E-state index in [-0.39, 0.29) is 5.54 Å². The molecule has 92 valence electrons. The number of nitrogens with one attached hydrogen (secondary N) is 1. The van der Waals surface area contributed by atoms with Crippen molar-refractivity contribution >= 4 is 0 Å². The van der Waals surface area contributed by atoms with Crippen LogP contribution in [0.5, 0.6) is 0 Å². The van der Waals surface area contributed by atoms with Crippen LogP contribution in [0.3, 0.4) is 0 Å². The highest BCUT2D eigenvalue weighted by atomic mass is 16.3. The molecule has 0 saturated carbocycles. The van der Waals surface area contributed by atoms with Crippen molar-refractivity contribution in [2.24, 2.45) is 5.92 Å². The molecule has 0 amide bonds. The summed E-state index contributed by atoms with van der Waals surface area (Å²) in [5, 5.41) is 13.7. The molecule has 0 heterocycles. The van der Waals surface area contributed by atoms with Crippen LogP contribution < -0.4 is 5.32 Å². The van der Waals surface area contributed by atoms with Crippen LogP contribution in [0.2, 0.25) is 0 Å². The molecule has 2 unspecified atom stereocenters. The molecule has 2 N–H and O–H groups in total. The lowest BCUT2D eigenvalue weighted by Crippen LogP contribution is -2.42. The molecule has 0 aliphatic heterocycles. The zero-order valence-electron chi connectivity index (χ0n) is 11.4. The maximum atomic E-state index is 10.3. The minimum Gasteiger partial charge on any atom is -0.390 e. The minimum atomic E-state index is -0.533. The average molecular weight is 215 g/mol. The first-order valence-corrected chi connectivity index (χ1v) is 6.16. The third-order valence-electron chi connectivity index (χ3n) is 3.07. The van der Waals surface area contributed by atoms with Gasteiger partial charge in [0.15, 0.2) is 0 Å². The van der Waals surface area contributed by atoms with Crippen molar-refractivity contribution in [2.45, 2.75) is 71.9 Å². The summed E-state index contributed by atoms with van der Waals surface area (Å²) in [7, 11) is 0. The monoisotopic (exact) mass is 215 g/mol. The zero-order chi connectivity index (χ0) is 12.1. The predicted octanol–water partition coefficient (Wildman–Crippen LogP) is 2.95. The molecule has 0 aliphatic rings. The maximum Gasteiger partial charge on any atom is 0.0657 e. The van der Waals surface area contributed by atoms with Crippen LogP contribution in [0.1, 0.15) is 60.8 Å². The quantitative estimate of drug-likeness (QED) is 0.714. The van der Waals surface area contributed by atoms with Gasteiger partial charge >= 0.3 is 0 Å². The summed E-state index contributed by atoms with van der Waals surface area (Å²) in [6.07, 6.45) is 3.07. The van der Waals surface area contributed by atoms with E-state index in [4.69, 9.17) is 0 Å². The van der Waals surface area contributed by atoms with Crippen LogP contribution in [-0.2, 0) is 0 Å². The third kappa shape index (κ3) is 6.91. The fourth-order valence-corrected chi connectivity index (χ4v) is 1.68. The molecule has 0 saturated heterocycles. The molecule has 2 atom stereocenters. The Hall–Kier alpha value is -0.0800. The molecule has 0 aliphatic carbocycles. The van der Waals surface area contributed by atoms with E-state index in [2.05, 4.69) is 39.9 Å². The summed E-state index contributed by atoms with van der Waals surface area (Å²) in [6.45, 7) is 13.6.